The highest BCUT2D eigenvalue weighted by Crippen LogP contribution is 2.42. The van der Waals surface area contributed by atoms with E-state index in [-0.39, 0.29) is 35.2 Å². The fourth-order valence-electron chi connectivity index (χ4n) is 4.87. The number of hydrogen-bond donors (Lipinski definition) is 2. The second-order valence-electron chi connectivity index (χ2n) is 8.90. The monoisotopic (exact) mass is 524 g/mol. The predicted molar refractivity (Wildman–Crippen MR) is 130 cm³/mol. The van der Waals surface area contributed by atoms with Crippen LogP contribution in [0.5, 0.6) is 5.75 Å². The first-order valence-corrected chi connectivity index (χ1v) is 12.4. The van der Waals surface area contributed by atoms with Gasteiger partial charge in [0.1, 0.15) is 10.8 Å². The van der Waals surface area contributed by atoms with Crippen molar-refractivity contribution in [2.24, 2.45) is 0 Å². The molecule has 1 atom stereocenters. The van der Waals surface area contributed by atoms with E-state index in [4.69, 9.17) is 4.74 Å². The zero-order valence-electron chi connectivity index (χ0n) is 19.6. The average Bonchev–Trinajstić information content (AvgIpc) is 3.32. The van der Waals surface area contributed by atoms with Crippen LogP contribution in [0, 0.1) is 5.82 Å². The number of halogens is 1. The van der Waals surface area contributed by atoms with Crippen LogP contribution in [0.4, 0.5) is 9.18 Å². The molecule has 13 heteroatoms. The van der Waals surface area contributed by atoms with Gasteiger partial charge in [0.05, 0.1) is 18.7 Å². The highest BCUT2D eigenvalue weighted by atomic mass is 32.1. The van der Waals surface area contributed by atoms with Crippen molar-refractivity contribution in [2.45, 2.75) is 25.4 Å². The Kier molecular flexibility index (Phi) is 5.26. The van der Waals surface area contributed by atoms with Crippen LogP contribution in [-0.4, -0.2) is 62.2 Å². The number of nitrogens with one attached hydrogen (secondary N) is 1. The minimum Gasteiger partial charge on any atom is -0.502 e. The van der Waals surface area contributed by atoms with Gasteiger partial charge in [-0.15, -0.1) is 10.2 Å². The lowest BCUT2D eigenvalue weighted by Gasteiger charge is -2.58. The second-order valence-corrected chi connectivity index (χ2v) is 9.96. The molecular formula is C24H21FN6O5S. The molecule has 1 fully saturated rings. The van der Waals surface area contributed by atoms with Gasteiger partial charge >= 0.3 is 6.09 Å². The van der Waals surface area contributed by atoms with Crippen LogP contribution in [0.15, 0.2) is 47.0 Å². The summed E-state index contributed by atoms with van der Waals surface area (Å²) in [4.78, 5) is 39.8. The van der Waals surface area contributed by atoms with Crippen molar-refractivity contribution in [3.8, 4) is 16.3 Å². The van der Waals surface area contributed by atoms with E-state index in [1.165, 1.54) is 34.3 Å². The maximum atomic E-state index is 13.2. The normalized spacial score (nSPS) is 19.7. The molecule has 1 aromatic carbocycles. The van der Waals surface area contributed by atoms with Crippen molar-refractivity contribution >= 4 is 23.3 Å². The van der Waals surface area contributed by atoms with Gasteiger partial charge in [-0.1, -0.05) is 23.5 Å². The third kappa shape index (κ3) is 3.56. The molecule has 3 aliphatic rings. The largest absolute Gasteiger partial charge is 0.502 e. The molecule has 3 aliphatic heterocycles. The van der Waals surface area contributed by atoms with E-state index >= 15 is 0 Å². The summed E-state index contributed by atoms with van der Waals surface area (Å²) in [5.41, 5.74) is -0.0500. The molecule has 2 amide bonds. The van der Waals surface area contributed by atoms with Crippen LogP contribution >= 0.6 is 11.3 Å². The fourth-order valence-corrected chi connectivity index (χ4v) is 5.75. The Labute approximate surface area is 213 Å². The van der Waals surface area contributed by atoms with Crippen LogP contribution < -0.4 is 15.8 Å². The van der Waals surface area contributed by atoms with Gasteiger partial charge in [0.15, 0.2) is 22.1 Å². The van der Waals surface area contributed by atoms with Crippen LogP contribution in [0.3, 0.4) is 0 Å². The first-order valence-electron chi connectivity index (χ1n) is 11.6. The molecule has 0 bridgehead atoms. The first-order chi connectivity index (χ1) is 17.8. The van der Waals surface area contributed by atoms with Crippen LogP contribution in [0.25, 0.3) is 10.6 Å². The van der Waals surface area contributed by atoms with Gasteiger partial charge < -0.3 is 20.1 Å². The Bertz CT molecular complexity index is 1530. The quantitative estimate of drug-likeness (QED) is 0.530. The number of likely N-dealkylation sites (tertiary alicyclic amines) is 1. The van der Waals surface area contributed by atoms with Gasteiger partial charge in [0.25, 0.3) is 5.91 Å². The van der Waals surface area contributed by atoms with Gasteiger partial charge in [-0.3, -0.25) is 14.6 Å². The van der Waals surface area contributed by atoms with Crippen molar-refractivity contribution in [3.63, 3.8) is 0 Å². The van der Waals surface area contributed by atoms with Crippen LogP contribution in [0.1, 0.15) is 34.4 Å². The average molecular weight is 525 g/mol. The van der Waals surface area contributed by atoms with Crippen molar-refractivity contribution in [3.05, 3.63) is 74.5 Å². The Morgan fingerprint density at radius 2 is 2.05 bits per heavy atom. The number of fused-ring (bicyclic) bond motifs is 2. The molecule has 6 rings (SSSR count). The summed E-state index contributed by atoms with van der Waals surface area (Å²) in [6, 6.07) is 6.01. The Morgan fingerprint density at radius 3 is 2.78 bits per heavy atom. The van der Waals surface area contributed by atoms with E-state index in [0.29, 0.717) is 24.4 Å². The number of carbonyl (C=O) groups is 2. The summed E-state index contributed by atoms with van der Waals surface area (Å²) in [5.74, 6) is -1.62. The number of piperidine rings is 1. The number of pyridine rings is 1. The van der Waals surface area contributed by atoms with E-state index in [1.54, 1.807) is 35.2 Å². The zero-order chi connectivity index (χ0) is 25.9. The highest BCUT2D eigenvalue weighted by molar-refractivity contribution is 7.14. The smallest absolute Gasteiger partial charge is 0.410 e. The van der Waals surface area contributed by atoms with E-state index in [2.05, 4.69) is 15.5 Å². The van der Waals surface area contributed by atoms with Gasteiger partial charge in [0.2, 0.25) is 5.43 Å². The molecule has 1 unspecified atom stereocenters. The van der Waals surface area contributed by atoms with Gasteiger partial charge in [-0.2, -0.15) is 0 Å². The summed E-state index contributed by atoms with van der Waals surface area (Å²) < 4.78 is 19.8. The summed E-state index contributed by atoms with van der Waals surface area (Å²) in [7, 11) is 0. The van der Waals surface area contributed by atoms with Crippen molar-refractivity contribution in [2.75, 3.05) is 24.7 Å². The minimum atomic E-state index is -0.874. The number of ether oxygens (including phenoxy) is 1. The molecule has 3 aromatic rings. The van der Waals surface area contributed by atoms with E-state index in [1.807, 2.05) is 0 Å². The number of aromatic hydroxyl groups is 1. The number of nitrogens with zero attached hydrogens (tertiary/aromatic N) is 5. The van der Waals surface area contributed by atoms with E-state index in [9.17, 15) is 23.9 Å². The summed E-state index contributed by atoms with van der Waals surface area (Å²) in [5, 5.41) is 24.6. The maximum absolute atomic E-state index is 13.2. The zero-order valence-corrected chi connectivity index (χ0v) is 20.4. The molecule has 1 saturated heterocycles. The Hall–Kier alpha value is -4.26. The number of amides is 2. The Morgan fingerprint density at radius 1 is 1.27 bits per heavy atom. The molecule has 0 radical (unpaired) electrons. The summed E-state index contributed by atoms with van der Waals surface area (Å²) in [6.07, 6.45) is 3.62. The lowest BCUT2D eigenvalue weighted by molar-refractivity contribution is 0.0706. The summed E-state index contributed by atoms with van der Waals surface area (Å²) >= 11 is 1.18. The number of rotatable bonds is 4. The SMILES string of the molecule is CCOC(=O)N1CCC23NC(=O)c4c(O)c(=O)c(-c5nnc(Cc6ccc(F)cc6)s5)cn4N2C=C3C1. The molecular weight excluding hydrogens is 503 g/mol. The van der Waals surface area contributed by atoms with Crippen molar-refractivity contribution in [1.29, 1.82) is 0 Å². The molecule has 2 aromatic heterocycles. The molecule has 0 aliphatic carbocycles. The molecule has 5 heterocycles. The molecule has 11 nitrogen and oxygen atoms in total. The minimum absolute atomic E-state index is 0.0970. The van der Waals surface area contributed by atoms with E-state index in [0.717, 1.165) is 11.1 Å². The van der Waals surface area contributed by atoms with Gasteiger partial charge in [0, 0.05) is 37.4 Å². The summed E-state index contributed by atoms with van der Waals surface area (Å²) in [6.45, 7) is 2.64. The molecule has 190 valence electrons. The molecule has 1 spiro atoms. The third-order valence-electron chi connectivity index (χ3n) is 6.73. The number of carbonyl (C=O) groups excluding carboxylic acids is 2. The standard InChI is InChI=1S/C24H21FN6O5S/c1-2-36-23(35)29-8-7-24-14(10-29)11-31(24)30-12-16(19(32)20(33)18(30)21(34)26-24)22-28-27-17(37-22)9-13-3-5-15(25)6-4-13/h3-6,11-12,33H,2,7-10H2,1H3,(H,26,34). The second kappa shape index (κ2) is 8.40. The highest BCUT2D eigenvalue weighted by Gasteiger charge is 2.56. The maximum Gasteiger partial charge on any atom is 0.410 e. The molecule has 37 heavy (non-hydrogen) atoms. The fraction of sp³-hybridized carbons (Fsp3) is 0.292. The lowest BCUT2D eigenvalue weighted by atomic mass is 9.84. The molecule has 2 N–H and O–H groups in total. The third-order valence-corrected chi connectivity index (χ3v) is 7.69. The molecule has 0 saturated carbocycles. The van der Waals surface area contributed by atoms with Gasteiger partial charge in [-0.25, -0.2) is 13.9 Å². The number of aromatic nitrogens is 3. The lowest BCUT2D eigenvalue weighted by Crippen LogP contribution is -2.76. The van der Waals surface area contributed by atoms with Gasteiger partial charge in [-0.05, 0) is 24.6 Å². The first kappa shape index (κ1) is 23.2. The predicted octanol–water partition coefficient (Wildman–Crippen LogP) is 1.94. The number of hydrogen-bond acceptors (Lipinski definition) is 9. The van der Waals surface area contributed by atoms with E-state index < -0.39 is 28.8 Å². The van der Waals surface area contributed by atoms with Crippen LogP contribution in [-0.2, 0) is 11.2 Å². The topological polar surface area (TPSA) is 130 Å². The Balaban J connectivity index is 1.34. The number of benzene rings is 1. The van der Waals surface area contributed by atoms with Crippen molar-refractivity contribution < 1.29 is 23.8 Å². The van der Waals surface area contributed by atoms with Crippen LogP contribution in [0.2, 0.25) is 0 Å². The van der Waals surface area contributed by atoms with Crippen molar-refractivity contribution in [1.82, 2.24) is 25.1 Å².